The fourth-order valence-corrected chi connectivity index (χ4v) is 2.52. The van der Waals surface area contributed by atoms with E-state index in [0.717, 1.165) is 12.5 Å². The maximum absolute atomic E-state index is 11.3. The highest BCUT2D eigenvalue weighted by Crippen LogP contribution is 2.25. The van der Waals surface area contributed by atoms with Crippen molar-refractivity contribution >= 4 is 5.97 Å². The van der Waals surface area contributed by atoms with Crippen LogP contribution in [0.2, 0.25) is 0 Å². The lowest BCUT2D eigenvalue weighted by Gasteiger charge is -2.27. The zero-order valence-corrected chi connectivity index (χ0v) is 10.3. The van der Waals surface area contributed by atoms with Crippen LogP contribution in [0, 0.1) is 5.92 Å². The summed E-state index contributed by atoms with van der Waals surface area (Å²) >= 11 is 0. The predicted octanol–water partition coefficient (Wildman–Crippen LogP) is 2.06. The first kappa shape index (κ1) is 12.5. The van der Waals surface area contributed by atoms with E-state index < -0.39 is 0 Å². The second kappa shape index (κ2) is 5.50. The summed E-state index contributed by atoms with van der Waals surface area (Å²) in [5.74, 6) is 0.682. The van der Waals surface area contributed by atoms with E-state index in [2.05, 4.69) is 25.7 Å². The molecule has 0 bridgehead atoms. The second-order valence-electron chi connectivity index (χ2n) is 4.74. The van der Waals surface area contributed by atoms with E-state index in [4.69, 9.17) is 4.74 Å². The second-order valence-corrected chi connectivity index (χ2v) is 4.74. The first-order chi connectivity index (χ1) is 7.04. The molecule has 1 fully saturated rings. The molecule has 0 aromatic carbocycles. The Morgan fingerprint density at radius 2 is 2.20 bits per heavy atom. The van der Waals surface area contributed by atoms with Gasteiger partial charge in [0.05, 0.1) is 13.0 Å². The van der Waals surface area contributed by atoms with E-state index in [1.54, 1.807) is 0 Å². The van der Waals surface area contributed by atoms with E-state index in [9.17, 15) is 4.79 Å². The Morgan fingerprint density at radius 1 is 1.53 bits per heavy atom. The van der Waals surface area contributed by atoms with Gasteiger partial charge in [0.25, 0.3) is 0 Å². The maximum Gasteiger partial charge on any atom is 0.307 e. The van der Waals surface area contributed by atoms with Gasteiger partial charge in [-0.1, -0.05) is 6.92 Å². The number of likely N-dealkylation sites (tertiary alicyclic amines) is 1. The fraction of sp³-hybridized carbons (Fsp3) is 0.917. The monoisotopic (exact) mass is 213 g/mol. The molecule has 1 heterocycles. The van der Waals surface area contributed by atoms with Gasteiger partial charge < -0.3 is 4.74 Å². The van der Waals surface area contributed by atoms with Crippen LogP contribution >= 0.6 is 0 Å². The quantitative estimate of drug-likeness (QED) is 0.669. The van der Waals surface area contributed by atoms with Crippen molar-refractivity contribution in [2.75, 3.05) is 13.2 Å². The standard InChI is InChI=1S/C12H23NO2/c1-5-15-12(14)7-11(4)13-8-9(2)6-10(13)3/h9-11H,5-8H2,1-4H3. The number of ether oxygens (including phenoxy) is 1. The molecule has 0 spiro atoms. The maximum atomic E-state index is 11.3. The minimum Gasteiger partial charge on any atom is -0.466 e. The smallest absolute Gasteiger partial charge is 0.307 e. The van der Waals surface area contributed by atoms with Crippen LogP contribution < -0.4 is 0 Å². The number of rotatable bonds is 4. The van der Waals surface area contributed by atoms with Gasteiger partial charge in [-0.2, -0.15) is 0 Å². The van der Waals surface area contributed by atoms with Crippen LogP contribution in [-0.2, 0) is 9.53 Å². The highest BCUT2D eigenvalue weighted by Gasteiger charge is 2.30. The minimum atomic E-state index is -0.0725. The van der Waals surface area contributed by atoms with Crippen LogP contribution in [-0.4, -0.2) is 36.1 Å². The van der Waals surface area contributed by atoms with Gasteiger partial charge in [0, 0.05) is 18.6 Å². The molecule has 1 aliphatic heterocycles. The highest BCUT2D eigenvalue weighted by molar-refractivity contribution is 5.70. The van der Waals surface area contributed by atoms with Crippen LogP contribution in [0.1, 0.15) is 40.5 Å². The molecule has 3 unspecified atom stereocenters. The first-order valence-electron chi connectivity index (χ1n) is 5.96. The molecule has 0 N–H and O–H groups in total. The third kappa shape index (κ3) is 3.49. The van der Waals surface area contributed by atoms with Crippen LogP contribution in [0.25, 0.3) is 0 Å². The van der Waals surface area contributed by atoms with Crippen LogP contribution in [0.4, 0.5) is 0 Å². The number of carbonyl (C=O) groups excluding carboxylic acids is 1. The lowest BCUT2D eigenvalue weighted by atomic mass is 10.1. The molecule has 1 aliphatic rings. The van der Waals surface area contributed by atoms with Crippen molar-refractivity contribution < 1.29 is 9.53 Å². The molecule has 15 heavy (non-hydrogen) atoms. The number of carbonyl (C=O) groups is 1. The summed E-state index contributed by atoms with van der Waals surface area (Å²) in [7, 11) is 0. The zero-order valence-electron chi connectivity index (χ0n) is 10.3. The van der Waals surface area contributed by atoms with Crippen molar-refractivity contribution in [2.45, 2.75) is 52.6 Å². The summed E-state index contributed by atoms with van der Waals surface area (Å²) in [6.07, 6.45) is 1.76. The van der Waals surface area contributed by atoms with E-state index in [1.807, 2.05) is 6.92 Å². The SMILES string of the molecule is CCOC(=O)CC(C)N1CC(C)CC1C. The molecule has 0 amide bonds. The molecule has 0 aliphatic carbocycles. The molecule has 3 atom stereocenters. The van der Waals surface area contributed by atoms with Gasteiger partial charge in [-0.3, -0.25) is 9.69 Å². The van der Waals surface area contributed by atoms with Gasteiger partial charge >= 0.3 is 5.97 Å². The lowest BCUT2D eigenvalue weighted by molar-refractivity contribution is -0.144. The normalized spacial score (nSPS) is 29.1. The Bertz CT molecular complexity index is 218. The third-order valence-electron chi connectivity index (χ3n) is 3.17. The zero-order chi connectivity index (χ0) is 11.4. The molecular formula is C12H23NO2. The van der Waals surface area contributed by atoms with Crippen LogP contribution in [0.5, 0.6) is 0 Å². The number of esters is 1. The lowest BCUT2D eigenvalue weighted by Crippen LogP contribution is -2.37. The molecule has 3 nitrogen and oxygen atoms in total. The minimum absolute atomic E-state index is 0.0725. The Kier molecular flexibility index (Phi) is 4.58. The van der Waals surface area contributed by atoms with Crippen molar-refractivity contribution in [1.82, 2.24) is 4.90 Å². The van der Waals surface area contributed by atoms with E-state index in [0.29, 0.717) is 25.1 Å². The number of hydrogen-bond acceptors (Lipinski definition) is 3. The van der Waals surface area contributed by atoms with Crippen molar-refractivity contribution in [3.63, 3.8) is 0 Å². The molecule has 0 saturated carbocycles. The van der Waals surface area contributed by atoms with Gasteiger partial charge in [0.1, 0.15) is 0 Å². The van der Waals surface area contributed by atoms with Gasteiger partial charge in [-0.05, 0) is 33.1 Å². The van der Waals surface area contributed by atoms with Crippen molar-refractivity contribution in [3.8, 4) is 0 Å². The van der Waals surface area contributed by atoms with Gasteiger partial charge in [-0.25, -0.2) is 0 Å². The summed E-state index contributed by atoms with van der Waals surface area (Å²) in [6.45, 7) is 10.1. The van der Waals surface area contributed by atoms with E-state index in [-0.39, 0.29) is 5.97 Å². The molecule has 0 radical (unpaired) electrons. The average molecular weight is 213 g/mol. The van der Waals surface area contributed by atoms with Gasteiger partial charge in [-0.15, -0.1) is 0 Å². The van der Waals surface area contributed by atoms with Crippen LogP contribution in [0.15, 0.2) is 0 Å². The van der Waals surface area contributed by atoms with E-state index >= 15 is 0 Å². The Morgan fingerprint density at radius 3 is 2.67 bits per heavy atom. The topological polar surface area (TPSA) is 29.5 Å². The fourth-order valence-electron chi connectivity index (χ4n) is 2.52. The predicted molar refractivity (Wildman–Crippen MR) is 60.7 cm³/mol. The van der Waals surface area contributed by atoms with Crippen molar-refractivity contribution in [3.05, 3.63) is 0 Å². The Hall–Kier alpha value is -0.570. The largest absolute Gasteiger partial charge is 0.466 e. The van der Waals surface area contributed by atoms with Crippen molar-refractivity contribution in [2.24, 2.45) is 5.92 Å². The summed E-state index contributed by atoms with van der Waals surface area (Å²) in [5.41, 5.74) is 0. The molecule has 1 saturated heterocycles. The number of nitrogens with zero attached hydrogens (tertiary/aromatic N) is 1. The summed E-state index contributed by atoms with van der Waals surface area (Å²) in [5, 5.41) is 0. The molecule has 88 valence electrons. The average Bonchev–Trinajstić information content (AvgIpc) is 2.45. The van der Waals surface area contributed by atoms with Crippen molar-refractivity contribution in [1.29, 1.82) is 0 Å². The highest BCUT2D eigenvalue weighted by atomic mass is 16.5. The Balaban J connectivity index is 2.39. The third-order valence-corrected chi connectivity index (χ3v) is 3.17. The van der Waals surface area contributed by atoms with Gasteiger partial charge in [0.2, 0.25) is 0 Å². The molecule has 1 rings (SSSR count). The summed E-state index contributed by atoms with van der Waals surface area (Å²) in [6, 6.07) is 0.911. The molecule has 0 aromatic rings. The van der Waals surface area contributed by atoms with Gasteiger partial charge in [0.15, 0.2) is 0 Å². The first-order valence-corrected chi connectivity index (χ1v) is 5.96. The molecule has 0 aromatic heterocycles. The summed E-state index contributed by atoms with van der Waals surface area (Å²) < 4.78 is 4.97. The summed E-state index contributed by atoms with van der Waals surface area (Å²) in [4.78, 5) is 13.8. The molecule has 3 heteroatoms. The van der Waals surface area contributed by atoms with Crippen LogP contribution in [0.3, 0.4) is 0 Å². The Labute approximate surface area is 92.8 Å². The number of hydrogen-bond donors (Lipinski definition) is 0. The molecular weight excluding hydrogens is 190 g/mol. The van der Waals surface area contributed by atoms with E-state index in [1.165, 1.54) is 6.42 Å².